The highest BCUT2D eigenvalue weighted by atomic mass is 16.3. The van der Waals surface area contributed by atoms with Gasteiger partial charge in [0.25, 0.3) is 0 Å². The van der Waals surface area contributed by atoms with Gasteiger partial charge in [-0.25, -0.2) is 0 Å². The first-order chi connectivity index (χ1) is 27.5. The van der Waals surface area contributed by atoms with Crippen molar-refractivity contribution in [1.82, 2.24) is 5.32 Å². The van der Waals surface area contributed by atoms with E-state index in [1.165, 1.54) is 225 Å². The topological polar surface area (TPSA) is 89.8 Å². The molecule has 0 spiro atoms. The van der Waals surface area contributed by atoms with Gasteiger partial charge in [0.15, 0.2) is 0 Å². The Morgan fingerprint density at radius 2 is 0.714 bits per heavy atom. The van der Waals surface area contributed by atoms with Gasteiger partial charge in [0.1, 0.15) is 0 Å². The van der Waals surface area contributed by atoms with Gasteiger partial charge in [-0.05, 0) is 38.5 Å². The van der Waals surface area contributed by atoms with Crippen molar-refractivity contribution in [3.05, 3.63) is 12.2 Å². The molecule has 0 aliphatic heterocycles. The Hall–Kier alpha value is -0.910. The zero-order valence-corrected chi connectivity index (χ0v) is 38.0. The van der Waals surface area contributed by atoms with Crippen molar-refractivity contribution >= 4 is 5.91 Å². The monoisotopic (exact) mass is 792 g/mol. The lowest BCUT2D eigenvalue weighted by molar-refractivity contribution is -0.125. The first-order valence-electron chi connectivity index (χ1n) is 25.5. The third-order valence-corrected chi connectivity index (χ3v) is 12.1. The van der Waals surface area contributed by atoms with Gasteiger partial charge in [-0.15, -0.1) is 0 Å². The van der Waals surface area contributed by atoms with E-state index in [0.717, 1.165) is 25.7 Å². The fourth-order valence-electron chi connectivity index (χ4n) is 8.17. The second-order valence-electron chi connectivity index (χ2n) is 17.8. The van der Waals surface area contributed by atoms with Crippen molar-refractivity contribution < 1.29 is 20.1 Å². The third-order valence-electron chi connectivity index (χ3n) is 12.1. The van der Waals surface area contributed by atoms with Crippen LogP contribution in [-0.2, 0) is 4.79 Å². The van der Waals surface area contributed by atoms with E-state index in [4.69, 9.17) is 0 Å². The minimum Gasteiger partial charge on any atom is -0.394 e. The first kappa shape index (κ1) is 55.1. The van der Waals surface area contributed by atoms with Crippen LogP contribution in [0.3, 0.4) is 0 Å². The van der Waals surface area contributed by atoms with Crippen molar-refractivity contribution in [2.45, 2.75) is 302 Å². The lowest BCUT2D eigenvalue weighted by atomic mass is 10.0. The van der Waals surface area contributed by atoms with Crippen LogP contribution in [0.25, 0.3) is 0 Å². The van der Waals surface area contributed by atoms with Crippen molar-refractivity contribution in [2.75, 3.05) is 6.61 Å². The number of allylic oxidation sites excluding steroid dienone is 2. The minimum atomic E-state index is -0.747. The maximum atomic E-state index is 12.5. The predicted octanol–water partition coefficient (Wildman–Crippen LogP) is 15.2. The lowest BCUT2D eigenvalue weighted by Crippen LogP contribution is -2.46. The molecule has 0 saturated heterocycles. The largest absolute Gasteiger partial charge is 0.394 e. The Balaban J connectivity index is 3.54. The molecule has 0 saturated carbocycles. The van der Waals surface area contributed by atoms with Gasteiger partial charge in [-0.1, -0.05) is 251 Å². The summed E-state index contributed by atoms with van der Waals surface area (Å²) in [5.74, 6) is -0.280. The number of aliphatic hydroxyl groups is 3. The number of nitrogens with one attached hydrogen (secondary N) is 1. The molecule has 5 heteroatoms. The zero-order chi connectivity index (χ0) is 40.8. The highest BCUT2D eigenvalue weighted by Gasteiger charge is 2.21. The van der Waals surface area contributed by atoms with E-state index in [-0.39, 0.29) is 18.9 Å². The number of carbonyl (C=O) groups excluding carboxylic acids is 1. The molecule has 0 aromatic carbocycles. The highest BCUT2D eigenvalue weighted by molar-refractivity contribution is 5.76. The quantitative estimate of drug-likeness (QED) is 0.0365. The Morgan fingerprint density at radius 1 is 0.429 bits per heavy atom. The van der Waals surface area contributed by atoms with Crippen LogP contribution in [0.5, 0.6) is 0 Å². The first-order valence-corrected chi connectivity index (χ1v) is 25.5. The average molecular weight is 792 g/mol. The van der Waals surface area contributed by atoms with Gasteiger partial charge in [0.2, 0.25) is 5.91 Å². The maximum Gasteiger partial charge on any atom is 0.222 e. The molecule has 0 aromatic heterocycles. The van der Waals surface area contributed by atoms with E-state index >= 15 is 0 Å². The van der Waals surface area contributed by atoms with Crippen molar-refractivity contribution in [1.29, 1.82) is 0 Å². The summed E-state index contributed by atoms with van der Waals surface area (Å²) in [5, 5.41) is 33.5. The van der Waals surface area contributed by atoms with Crippen LogP contribution >= 0.6 is 0 Å². The van der Waals surface area contributed by atoms with Crippen LogP contribution in [0.4, 0.5) is 0 Å². The summed E-state index contributed by atoms with van der Waals surface area (Å²) in [7, 11) is 0. The summed E-state index contributed by atoms with van der Waals surface area (Å²) in [5.41, 5.74) is 0. The highest BCUT2D eigenvalue weighted by Crippen LogP contribution is 2.17. The van der Waals surface area contributed by atoms with E-state index in [2.05, 4.69) is 31.3 Å². The number of carbonyl (C=O) groups is 1. The van der Waals surface area contributed by atoms with Crippen LogP contribution in [0, 0.1) is 0 Å². The van der Waals surface area contributed by atoms with Crippen LogP contribution in [0.1, 0.15) is 284 Å². The fourth-order valence-corrected chi connectivity index (χ4v) is 8.17. The molecule has 0 rings (SSSR count). The Bertz CT molecular complexity index is 788. The molecule has 3 unspecified atom stereocenters. The van der Waals surface area contributed by atoms with Crippen molar-refractivity contribution in [2.24, 2.45) is 0 Å². The molecule has 4 N–H and O–H groups in total. The molecule has 0 heterocycles. The SMILES string of the molecule is CCCCCCCCCCCCCC/C=C\CCCCCCCCCCCC(O)CC(=O)NC(CO)C(O)CCCCCCCCCCCCCCCCCC. The van der Waals surface area contributed by atoms with Crippen LogP contribution in [-0.4, -0.2) is 46.1 Å². The van der Waals surface area contributed by atoms with E-state index in [1.54, 1.807) is 0 Å². The molecule has 0 aliphatic rings. The van der Waals surface area contributed by atoms with Crippen molar-refractivity contribution in [3.8, 4) is 0 Å². The molecule has 0 radical (unpaired) electrons. The average Bonchev–Trinajstić information content (AvgIpc) is 3.19. The molecular formula is C51H101NO4. The van der Waals surface area contributed by atoms with Crippen LogP contribution in [0.15, 0.2) is 12.2 Å². The van der Waals surface area contributed by atoms with Gasteiger partial charge in [-0.2, -0.15) is 0 Å². The van der Waals surface area contributed by atoms with Crippen LogP contribution in [0.2, 0.25) is 0 Å². The second-order valence-corrected chi connectivity index (χ2v) is 17.8. The van der Waals surface area contributed by atoms with E-state index in [9.17, 15) is 20.1 Å². The molecule has 0 aromatic rings. The predicted molar refractivity (Wildman–Crippen MR) is 245 cm³/mol. The lowest BCUT2D eigenvalue weighted by Gasteiger charge is -2.23. The number of aliphatic hydroxyl groups excluding tert-OH is 3. The summed E-state index contributed by atoms with van der Waals surface area (Å²) < 4.78 is 0. The summed E-state index contributed by atoms with van der Waals surface area (Å²) in [6.45, 7) is 4.29. The smallest absolute Gasteiger partial charge is 0.222 e. The Labute approximate surface area is 350 Å². The number of unbranched alkanes of at least 4 members (excludes halogenated alkanes) is 36. The maximum absolute atomic E-state index is 12.5. The molecule has 0 fully saturated rings. The number of hydrogen-bond donors (Lipinski definition) is 4. The van der Waals surface area contributed by atoms with E-state index in [1.807, 2.05) is 0 Å². The summed E-state index contributed by atoms with van der Waals surface area (Å²) in [6.07, 6.45) is 56.3. The van der Waals surface area contributed by atoms with Crippen LogP contribution < -0.4 is 5.32 Å². The second kappa shape index (κ2) is 46.8. The number of amides is 1. The molecule has 5 nitrogen and oxygen atoms in total. The summed E-state index contributed by atoms with van der Waals surface area (Å²) >= 11 is 0. The standard InChI is InChI=1S/C51H101NO4/c1-3-5-7-9-11-13-15-17-19-21-22-23-24-25-26-27-28-29-30-32-34-36-38-40-42-44-48(54)46-51(56)52-49(47-53)50(55)45-43-41-39-37-35-33-31-20-18-16-14-12-10-8-6-4-2/h25-26,48-50,53-55H,3-24,27-47H2,1-2H3,(H,52,56)/b26-25-. The van der Waals surface area contributed by atoms with E-state index in [0.29, 0.717) is 12.8 Å². The molecule has 0 bridgehead atoms. The number of rotatable bonds is 47. The molecule has 334 valence electrons. The number of hydrogen-bond acceptors (Lipinski definition) is 4. The Kier molecular flexibility index (Phi) is 46.0. The summed E-state index contributed by atoms with van der Waals surface area (Å²) in [6, 6.07) is -0.656. The summed E-state index contributed by atoms with van der Waals surface area (Å²) in [4.78, 5) is 12.5. The van der Waals surface area contributed by atoms with Gasteiger partial charge in [0.05, 0.1) is 31.3 Å². The van der Waals surface area contributed by atoms with E-state index < -0.39 is 18.2 Å². The van der Waals surface area contributed by atoms with Crippen molar-refractivity contribution in [3.63, 3.8) is 0 Å². The minimum absolute atomic E-state index is 0.0385. The molecule has 3 atom stereocenters. The van der Waals surface area contributed by atoms with Gasteiger partial charge < -0.3 is 20.6 Å². The van der Waals surface area contributed by atoms with Gasteiger partial charge >= 0.3 is 0 Å². The molecular weight excluding hydrogens is 691 g/mol. The molecule has 0 aliphatic carbocycles. The fraction of sp³-hybridized carbons (Fsp3) is 0.941. The Morgan fingerprint density at radius 3 is 1.04 bits per heavy atom. The molecule has 56 heavy (non-hydrogen) atoms. The van der Waals surface area contributed by atoms with Gasteiger partial charge in [0, 0.05) is 0 Å². The van der Waals surface area contributed by atoms with Gasteiger partial charge in [-0.3, -0.25) is 4.79 Å². The third kappa shape index (κ3) is 42.7. The zero-order valence-electron chi connectivity index (χ0n) is 38.0. The molecule has 1 amide bonds. The normalized spacial score (nSPS) is 13.4.